The minimum absolute atomic E-state index is 0.400. The molecule has 7 aromatic carbocycles. The Morgan fingerprint density at radius 3 is 1.63 bits per heavy atom. The van der Waals surface area contributed by atoms with Crippen molar-refractivity contribution in [1.82, 2.24) is 9.55 Å². The second kappa shape index (κ2) is 9.78. The Kier molecular flexibility index (Phi) is 5.84. The zero-order chi connectivity index (χ0) is 29.1. The lowest BCUT2D eigenvalue weighted by atomic mass is 9.42. The molecule has 8 rings (SSSR count). The molecule has 0 aliphatic heterocycles. The van der Waals surface area contributed by atoms with Gasteiger partial charge in [-0.15, -0.1) is 0 Å². The fourth-order valence-electron chi connectivity index (χ4n) is 6.45. The van der Waals surface area contributed by atoms with Gasteiger partial charge in [-0.3, -0.25) is 4.57 Å². The van der Waals surface area contributed by atoms with Crippen LogP contribution in [0.4, 0.5) is 0 Å². The van der Waals surface area contributed by atoms with Crippen molar-refractivity contribution >= 4 is 66.9 Å². The molecule has 0 amide bonds. The number of para-hydroxylation sites is 2. The molecule has 0 atom stereocenters. The average molecular weight is 540 g/mol. The molecule has 0 saturated heterocycles. The van der Waals surface area contributed by atoms with Crippen LogP contribution in [0.5, 0.6) is 0 Å². The van der Waals surface area contributed by atoms with Gasteiger partial charge < -0.3 is 0 Å². The monoisotopic (exact) mass is 540 g/mol. The zero-order valence-corrected chi connectivity index (χ0v) is 23.4. The van der Waals surface area contributed by atoms with Crippen LogP contribution in [0.25, 0.3) is 71.3 Å². The van der Waals surface area contributed by atoms with Gasteiger partial charge in [-0.05, 0) is 84.9 Å². The van der Waals surface area contributed by atoms with Crippen molar-refractivity contribution < 1.29 is 0 Å². The number of nitrogens with zero attached hydrogens (tertiary/aromatic N) is 2. The van der Waals surface area contributed by atoms with E-state index in [4.69, 9.17) is 23.5 Å². The molecular weight excluding hydrogens is 517 g/mol. The number of aromatic nitrogens is 2. The molecule has 2 nitrogen and oxygen atoms in total. The molecule has 0 bridgehead atoms. The summed E-state index contributed by atoms with van der Waals surface area (Å²) in [6.07, 6.45) is 0. The van der Waals surface area contributed by atoms with Crippen molar-refractivity contribution in [1.29, 1.82) is 0 Å². The second-order valence-corrected chi connectivity index (χ2v) is 11.1. The lowest BCUT2D eigenvalue weighted by molar-refractivity contribution is 0.929. The molecule has 0 spiro atoms. The van der Waals surface area contributed by atoms with E-state index in [1.807, 2.05) is 28.8 Å². The molecule has 194 valence electrons. The largest absolute Gasteiger partial charge is 0.298 e. The topological polar surface area (TPSA) is 17.8 Å². The molecule has 8 aromatic rings. The molecule has 0 unspecified atom stereocenters. The van der Waals surface area contributed by atoms with Gasteiger partial charge in [0, 0.05) is 5.69 Å². The van der Waals surface area contributed by atoms with Gasteiger partial charge in [0.2, 0.25) is 0 Å². The molecule has 5 heteroatoms. The van der Waals surface area contributed by atoms with Crippen LogP contribution in [-0.4, -0.2) is 33.1 Å². The summed E-state index contributed by atoms with van der Waals surface area (Å²) in [7, 11) is 18.5. The molecule has 1 aromatic heterocycles. The summed E-state index contributed by atoms with van der Waals surface area (Å²) in [6.45, 7) is 0. The quantitative estimate of drug-likeness (QED) is 0.162. The summed E-state index contributed by atoms with van der Waals surface area (Å²) in [6, 6.07) is 49.0. The Morgan fingerprint density at radius 2 is 1.00 bits per heavy atom. The van der Waals surface area contributed by atoms with Gasteiger partial charge in [-0.1, -0.05) is 114 Å². The maximum absolute atomic E-state index is 6.17. The molecule has 43 heavy (non-hydrogen) atoms. The van der Waals surface area contributed by atoms with Crippen LogP contribution in [0, 0.1) is 0 Å². The summed E-state index contributed by atoms with van der Waals surface area (Å²) in [4.78, 5) is 4.67. The summed E-state index contributed by atoms with van der Waals surface area (Å²) in [5, 5.41) is 5.72. The van der Waals surface area contributed by atoms with Crippen molar-refractivity contribution in [2.75, 3.05) is 0 Å². The second-order valence-electron chi connectivity index (χ2n) is 11.1. The standard InChI is InChI=1S/C38H23B3N2/c39-38(40,41)37-42-33-15-7-8-16-34(33)43(37)28-21-19-25(20-22-28)35-29-11-3-5-13-31(29)36(32-14-6-4-12-30(32)35)27-18-17-24-9-1-2-10-26(24)23-27/h1-23H. The van der Waals surface area contributed by atoms with Crippen molar-refractivity contribution in [2.45, 2.75) is 5.11 Å². The SMILES string of the molecule is [B]C([B])([B])c1nc2ccccc2n1-c1ccc(-c2c3ccccc3c(-c3ccc4ccccc4c3)c3ccccc23)cc1. The lowest BCUT2D eigenvalue weighted by Crippen LogP contribution is -2.31. The average Bonchev–Trinajstić information content (AvgIpc) is 3.44. The molecule has 0 aliphatic rings. The van der Waals surface area contributed by atoms with Crippen molar-refractivity contribution in [2.24, 2.45) is 0 Å². The van der Waals surface area contributed by atoms with Gasteiger partial charge in [0.05, 0.1) is 40.4 Å². The van der Waals surface area contributed by atoms with Gasteiger partial charge >= 0.3 is 0 Å². The molecule has 0 fully saturated rings. The lowest BCUT2D eigenvalue weighted by Gasteiger charge is -2.22. The van der Waals surface area contributed by atoms with Crippen molar-refractivity contribution in [3.63, 3.8) is 0 Å². The van der Waals surface area contributed by atoms with Crippen LogP contribution in [0.3, 0.4) is 0 Å². The van der Waals surface area contributed by atoms with Crippen molar-refractivity contribution in [3.8, 4) is 27.9 Å². The van der Waals surface area contributed by atoms with Gasteiger partial charge in [0.15, 0.2) is 0 Å². The van der Waals surface area contributed by atoms with E-state index in [0.717, 1.165) is 22.3 Å². The predicted molar refractivity (Wildman–Crippen MR) is 183 cm³/mol. The fourth-order valence-corrected chi connectivity index (χ4v) is 6.45. The van der Waals surface area contributed by atoms with Gasteiger partial charge in [-0.2, -0.15) is 0 Å². The maximum atomic E-state index is 6.17. The first-order valence-corrected chi connectivity index (χ1v) is 14.4. The normalized spacial score (nSPS) is 12.0. The highest BCUT2D eigenvalue weighted by Gasteiger charge is 2.23. The molecule has 0 saturated carbocycles. The first-order valence-electron chi connectivity index (χ1n) is 14.4. The van der Waals surface area contributed by atoms with E-state index in [2.05, 4.69) is 120 Å². The third-order valence-corrected chi connectivity index (χ3v) is 8.33. The third kappa shape index (κ3) is 4.19. The summed E-state index contributed by atoms with van der Waals surface area (Å²) in [5.74, 6) is 0.400. The van der Waals surface area contributed by atoms with E-state index in [-0.39, 0.29) is 0 Å². The maximum Gasteiger partial charge on any atom is 0.0951 e. The van der Waals surface area contributed by atoms with Crippen LogP contribution < -0.4 is 0 Å². The van der Waals surface area contributed by atoms with E-state index < -0.39 is 5.11 Å². The van der Waals surface area contributed by atoms with Crippen molar-refractivity contribution in [3.05, 3.63) is 145 Å². The van der Waals surface area contributed by atoms with E-state index in [9.17, 15) is 0 Å². The van der Waals surface area contributed by atoms with Crippen LogP contribution in [0.1, 0.15) is 5.82 Å². The van der Waals surface area contributed by atoms with Crippen LogP contribution in [-0.2, 0) is 5.11 Å². The third-order valence-electron chi connectivity index (χ3n) is 8.33. The van der Waals surface area contributed by atoms with Gasteiger partial charge in [0.1, 0.15) is 0 Å². The number of fused-ring (bicyclic) bond motifs is 4. The first-order chi connectivity index (χ1) is 21.0. The Balaban J connectivity index is 1.35. The smallest absolute Gasteiger partial charge is 0.0951 e. The minimum atomic E-state index is -1.59. The number of benzene rings is 7. The number of rotatable bonds is 4. The molecule has 6 radical (unpaired) electrons. The first kappa shape index (κ1) is 25.7. The zero-order valence-electron chi connectivity index (χ0n) is 23.4. The highest BCUT2D eigenvalue weighted by molar-refractivity contribution is 6.58. The summed E-state index contributed by atoms with van der Waals surface area (Å²) in [5.41, 5.74) is 7.34. The molecule has 1 heterocycles. The molecule has 0 aliphatic carbocycles. The highest BCUT2D eigenvalue weighted by Crippen LogP contribution is 2.44. The van der Waals surface area contributed by atoms with Crippen LogP contribution in [0.15, 0.2) is 140 Å². The van der Waals surface area contributed by atoms with Gasteiger partial charge in [-0.25, -0.2) is 4.98 Å². The Labute approximate surface area is 254 Å². The van der Waals surface area contributed by atoms with Crippen LogP contribution in [0.2, 0.25) is 0 Å². The Hall–Kier alpha value is -5.02. The molecular formula is C38H23B3N2. The van der Waals surface area contributed by atoms with E-state index in [1.165, 1.54) is 49.0 Å². The Morgan fingerprint density at radius 1 is 0.488 bits per heavy atom. The van der Waals surface area contributed by atoms with Gasteiger partial charge in [0.25, 0.3) is 0 Å². The number of hydrogen-bond donors (Lipinski definition) is 0. The highest BCUT2D eigenvalue weighted by atomic mass is 15.1. The fraction of sp³-hybridized carbons (Fsp3) is 0.0263. The summed E-state index contributed by atoms with van der Waals surface area (Å²) < 4.78 is 1.94. The minimum Gasteiger partial charge on any atom is -0.298 e. The predicted octanol–water partition coefficient (Wildman–Crippen LogP) is 8.43. The van der Waals surface area contributed by atoms with E-state index in [0.29, 0.717) is 5.82 Å². The number of imidazole rings is 1. The van der Waals surface area contributed by atoms with E-state index >= 15 is 0 Å². The Bertz CT molecular complexity index is 2270. The van der Waals surface area contributed by atoms with E-state index in [1.54, 1.807) is 0 Å². The van der Waals surface area contributed by atoms with Crippen LogP contribution >= 0.6 is 0 Å². The number of hydrogen-bond acceptors (Lipinski definition) is 1. The molecule has 0 N–H and O–H groups in total. The summed E-state index contributed by atoms with van der Waals surface area (Å²) >= 11 is 0.